The summed E-state index contributed by atoms with van der Waals surface area (Å²) in [6, 6.07) is 0.491. The molecule has 0 fully saturated rings. The number of rotatable bonds is 0. The highest BCUT2D eigenvalue weighted by atomic mass is 19.4. The van der Waals surface area contributed by atoms with Crippen molar-refractivity contribution in [2.24, 2.45) is 0 Å². The number of anilines is 1. The van der Waals surface area contributed by atoms with Crippen molar-refractivity contribution in [3.63, 3.8) is 0 Å². The van der Waals surface area contributed by atoms with Crippen LogP contribution in [0, 0.1) is 0 Å². The summed E-state index contributed by atoms with van der Waals surface area (Å²) in [5.41, 5.74) is -0.412. The van der Waals surface area contributed by atoms with E-state index in [4.69, 9.17) is 14.9 Å². The van der Waals surface area contributed by atoms with Crippen LogP contribution >= 0.6 is 0 Å². The minimum Gasteiger partial charge on any atom is -0.474 e. The van der Waals surface area contributed by atoms with Crippen molar-refractivity contribution in [2.45, 2.75) is 62.8 Å². The van der Waals surface area contributed by atoms with E-state index in [2.05, 4.69) is 15.2 Å². The van der Waals surface area contributed by atoms with Crippen molar-refractivity contribution in [3.8, 4) is 17.5 Å². The standard InChI is InChI=1S/C17H18F6N4O4/c1-7-2-3-8(28)4-5-15(29,17(21,22)23)14-27-26-13(31-14)11-10(24)6-9(16(18,19)20)12(25-11)30-7/h6-8,28-29H,2-5,24H2,1H3/t7-,8?,15-/m1/s1. The van der Waals surface area contributed by atoms with Crippen LogP contribution in [0.15, 0.2) is 10.5 Å². The number of ether oxygens (including phenoxy) is 1. The second kappa shape index (κ2) is 7.82. The van der Waals surface area contributed by atoms with Crippen molar-refractivity contribution in [2.75, 3.05) is 5.73 Å². The van der Waals surface area contributed by atoms with Gasteiger partial charge in [-0.05, 0) is 38.7 Å². The zero-order valence-electron chi connectivity index (χ0n) is 16.0. The van der Waals surface area contributed by atoms with Crippen LogP contribution in [0.1, 0.15) is 44.1 Å². The Kier molecular flexibility index (Phi) is 5.82. The van der Waals surface area contributed by atoms with Crippen molar-refractivity contribution >= 4 is 5.69 Å². The minimum absolute atomic E-state index is 0.00267. The topological polar surface area (TPSA) is 128 Å². The number of pyridine rings is 1. The van der Waals surface area contributed by atoms with Gasteiger partial charge in [0.25, 0.3) is 11.8 Å². The predicted octanol–water partition coefficient (Wildman–Crippen LogP) is 3.18. The molecule has 4 bridgehead atoms. The maximum atomic E-state index is 13.6. The van der Waals surface area contributed by atoms with Gasteiger partial charge in [-0.15, -0.1) is 10.2 Å². The second-order valence-electron chi connectivity index (χ2n) is 7.25. The molecule has 0 amide bonds. The molecule has 0 aliphatic carbocycles. The average Bonchev–Trinajstić information content (AvgIpc) is 3.13. The Labute approximate surface area is 171 Å². The number of nitrogens with zero attached hydrogens (tertiary/aromatic N) is 3. The van der Waals surface area contributed by atoms with E-state index in [9.17, 15) is 36.6 Å². The first-order valence-electron chi connectivity index (χ1n) is 9.08. The smallest absolute Gasteiger partial charge is 0.426 e. The molecule has 172 valence electrons. The van der Waals surface area contributed by atoms with Crippen molar-refractivity contribution in [3.05, 3.63) is 17.5 Å². The summed E-state index contributed by atoms with van der Waals surface area (Å²) in [6.07, 6.45) is -13.9. The Morgan fingerprint density at radius 3 is 2.42 bits per heavy atom. The second-order valence-corrected chi connectivity index (χ2v) is 7.25. The number of hydrogen-bond acceptors (Lipinski definition) is 8. The molecule has 2 aromatic rings. The highest BCUT2D eigenvalue weighted by Gasteiger charge is 2.58. The van der Waals surface area contributed by atoms with Crippen LogP contribution in [-0.4, -0.2) is 43.8 Å². The van der Waals surface area contributed by atoms with Gasteiger partial charge in [0.15, 0.2) is 5.69 Å². The highest BCUT2D eigenvalue weighted by Crippen LogP contribution is 2.44. The summed E-state index contributed by atoms with van der Waals surface area (Å²) in [5, 5.41) is 26.9. The van der Waals surface area contributed by atoms with Gasteiger partial charge >= 0.3 is 12.4 Å². The third-order valence-electron chi connectivity index (χ3n) is 4.83. The van der Waals surface area contributed by atoms with Gasteiger partial charge < -0.3 is 25.1 Å². The van der Waals surface area contributed by atoms with E-state index in [1.807, 2.05) is 0 Å². The lowest BCUT2D eigenvalue weighted by Gasteiger charge is -2.28. The van der Waals surface area contributed by atoms with Gasteiger partial charge in [-0.3, -0.25) is 0 Å². The molecular weight excluding hydrogens is 438 g/mol. The number of aromatic nitrogens is 3. The lowest BCUT2D eigenvalue weighted by molar-refractivity contribution is -0.278. The molecule has 1 unspecified atom stereocenters. The van der Waals surface area contributed by atoms with E-state index in [-0.39, 0.29) is 12.8 Å². The summed E-state index contributed by atoms with van der Waals surface area (Å²) < 4.78 is 91.2. The molecule has 0 saturated heterocycles. The summed E-state index contributed by atoms with van der Waals surface area (Å²) in [5.74, 6) is -2.88. The number of alkyl halides is 6. The van der Waals surface area contributed by atoms with E-state index >= 15 is 0 Å². The molecule has 0 aromatic carbocycles. The Morgan fingerprint density at radius 2 is 1.81 bits per heavy atom. The average molecular weight is 456 g/mol. The molecule has 4 N–H and O–H groups in total. The first kappa shape index (κ1) is 23.1. The molecule has 31 heavy (non-hydrogen) atoms. The number of nitrogens with two attached hydrogens (primary N) is 1. The lowest BCUT2D eigenvalue weighted by Crippen LogP contribution is -2.43. The molecular formula is C17H18F6N4O4. The normalized spacial score (nSPS) is 25.6. The number of fused-ring (bicyclic) bond motifs is 5. The van der Waals surface area contributed by atoms with Crippen molar-refractivity contribution in [1.82, 2.24) is 15.2 Å². The van der Waals surface area contributed by atoms with Gasteiger partial charge in [-0.2, -0.15) is 26.3 Å². The number of aliphatic hydroxyl groups excluding tert-OH is 1. The molecule has 2 aromatic heterocycles. The monoisotopic (exact) mass is 456 g/mol. The van der Waals surface area contributed by atoms with E-state index < -0.39 is 77.6 Å². The van der Waals surface area contributed by atoms with Gasteiger partial charge in [-0.1, -0.05) is 0 Å². The van der Waals surface area contributed by atoms with Crippen molar-refractivity contribution < 1.29 is 45.7 Å². The largest absolute Gasteiger partial charge is 0.474 e. The quantitative estimate of drug-likeness (QED) is 0.516. The van der Waals surface area contributed by atoms with E-state index in [1.54, 1.807) is 0 Å². The third kappa shape index (κ3) is 4.54. The number of nitrogen functional groups attached to an aromatic ring is 1. The Balaban J connectivity index is 2.19. The number of aliphatic hydroxyl groups is 2. The summed E-state index contributed by atoms with van der Waals surface area (Å²) >= 11 is 0. The Hall–Kier alpha value is -2.61. The molecule has 0 spiro atoms. The zero-order chi connectivity index (χ0) is 23.2. The molecule has 8 nitrogen and oxygen atoms in total. The summed E-state index contributed by atoms with van der Waals surface area (Å²) in [6.45, 7) is 1.41. The van der Waals surface area contributed by atoms with Gasteiger partial charge in [0, 0.05) is 0 Å². The van der Waals surface area contributed by atoms with Crippen LogP contribution in [0.25, 0.3) is 11.6 Å². The van der Waals surface area contributed by atoms with Gasteiger partial charge in [0.2, 0.25) is 11.5 Å². The van der Waals surface area contributed by atoms with Crippen LogP contribution in [0.3, 0.4) is 0 Å². The Morgan fingerprint density at radius 1 is 1.13 bits per heavy atom. The summed E-state index contributed by atoms with van der Waals surface area (Å²) in [4.78, 5) is 3.66. The minimum atomic E-state index is -5.24. The maximum Gasteiger partial charge on any atom is 0.426 e. The molecule has 1 aliphatic heterocycles. The molecule has 3 rings (SSSR count). The molecule has 1 aliphatic rings. The van der Waals surface area contributed by atoms with Crippen LogP contribution in [-0.2, 0) is 11.8 Å². The predicted molar refractivity (Wildman–Crippen MR) is 91.5 cm³/mol. The van der Waals surface area contributed by atoms with Crippen LogP contribution in [0.2, 0.25) is 0 Å². The van der Waals surface area contributed by atoms with Gasteiger partial charge in [-0.25, -0.2) is 4.98 Å². The zero-order valence-corrected chi connectivity index (χ0v) is 16.0. The fourth-order valence-corrected chi connectivity index (χ4v) is 3.03. The van der Waals surface area contributed by atoms with Crippen molar-refractivity contribution in [1.29, 1.82) is 0 Å². The SMILES string of the molecule is C[C@@H]1CCC(O)CC[C@](O)(C(F)(F)F)c2nnc(o2)-c2nc(c(C(F)(F)F)cc2N)O1. The molecule has 0 saturated carbocycles. The number of hydrogen-bond donors (Lipinski definition) is 3. The van der Waals surface area contributed by atoms with Crippen LogP contribution in [0.5, 0.6) is 5.88 Å². The van der Waals surface area contributed by atoms with Crippen LogP contribution < -0.4 is 10.5 Å². The highest BCUT2D eigenvalue weighted by molar-refractivity contribution is 5.68. The van der Waals surface area contributed by atoms with E-state index in [1.165, 1.54) is 6.92 Å². The fourth-order valence-electron chi connectivity index (χ4n) is 3.03. The molecule has 14 heteroatoms. The summed E-state index contributed by atoms with van der Waals surface area (Å²) in [7, 11) is 0. The maximum absolute atomic E-state index is 13.6. The van der Waals surface area contributed by atoms with Gasteiger partial charge in [0.1, 0.15) is 5.56 Å². The fraction of sp³-hybridized carbons (Fsp3) is 0.588. The molecule has 3 heterocycles. The van der Waals surface area contributed by atoms with E-state index in [0.717, 1.165) is 0 Å². The number of halogens is 6. The van der Waals surface area contributed by atoms with Crippen LogP contribution in [0.4, 0.5) is 32.0 Å². The Bertz CT molecular complexity index is 948. The lowest BCUT2D eigenvalue weighted by atomic mass is 9.93. The first-order chi connectivity index (χ1) is 14.2. The van der Waals surface area contributed by atoms with E-state index in [0.29, 0.717) is 6.07 Å². The van der Waals surface area contributed by atoms with Gasteiger partial charge in [0.05, 0.1) is 17.9 Å². The third-order valence-corrected chi connectivity index (χ3v) is 4.83. The molecule has 0 radical (unpaired) electrons. The first-order valence-corrected chi connectivity index (χ1v) is 9.08. The molecule has 3 atom stereocenters.